The molecular weight excluding hydrogens is 920 g/mol. The van der Waals surface area contributed by atoms with E-state index in [9.17, 15) is 37.0 Å². The predicted molar refractivity (Wildman–Crippen MR) is 244 cm³/mol. The fourth-order valence-electron chi connectivity index (χ4n) is 9.20. The summed E-state index contributed by atoms with van der Waals surface area (Å²) in [6.07, 6.45) is 6.35. The zero-order valence-electron chi connectivity index (χ0n) is 36.8. The lowest BCUT2D eigenvalue weighted by Crippen LogP contribution is -2.55. The van der Waals surface area contributed by atoms with Crippen LogP contribution < -0.4 is 25.4 Å². The summed E-state index contributed by atoms with van der Waals surface area (Å²) < 4.78 is 76.7. The topological polar surface area (TPSA) is 181 Å². The van der Waals surface area contributed by atoms with Crippen LogP contribution >= 0.6 is 30.3 Å². The molecule has 1 saturated heterocycles. The Bertz CT molecular complexity index is 2580. The summed E-state index contributed by atoms with van der Waals surface area (Å²) in [5.74, 6) is -5.64. The minimum atomic E-state index is -4.80. The maximum Gasteiger partial charge on any atom is 0.408 e. The molecule has 4 aliphatic rings. The van der Waals surface area contributed by atoms with E-state index in [0.29, 0.717) is 89.6 Å². The number of aromatic nitrogens is 2. The van der Waals surface area contributed by atoms with E-state index in [2.05, 4.69) is 16.0 Å². The van der Waals surface area contributed by atoms with Crippen LogP contribution in [0.1, 0.15) is 90.0 Å². The van der Waals surface area contributed by atoms with Crippen LogP contribution in [0.2, 0.25) is 5.02 Å². The summed E-state index contributed by atoms with van der Waals surface area (Å²) >= 11 is 8.24. The van der Waals surface area contributed by atoms with Gasteiger partial charge in [0.1, 0.15) is 57.6 Å². The molecule has 4 aromatic rings. The van der Waals surface area contributed by atoms with Crippen molar-refractivity contribution < 1.29 is 51.2 Å². The Morgan fingerprint density at radius 1 is 1.03 bits per heavy atom. The number of rotatable bonds is 11. The monoisotopic (exact) mass is 972 g/mol. The van der Waals surface area contributed by atoms with Crippen LogP contribution in [0.25, 0.3) is 22.3 Å². The molecule has 0 spiro atoms. The van der Waals surface area contributed by atoms with Crippen LogP contribution in [0.3, 0.4) is 0 Å². The number of thiazole rings is 1. The number of methoxy groups -OCH3 is 1. The van der Waals surface area contributed by atoms with Gasteiger partial charge in [0.2, 0.25) is 19.2 Å². The molecule has 20 heteroatoms. The lowest BCUT2D eigenvalue weighted by atomic mass is 10.0. The average molecular weight is 973 g/mol. The number of halogens is 4. The molecule has 354 valence electrons. The standard InChI is InChI=1S/C46H53ClF3N6O8PS/c1-25(2)51-44-53-35(24-66-44)34-20-38(29-15-18-37(62-3)39(47)41(29)52-34)63-28-19-36-42(57)55-46(65(60,61)23-30-31(48)16-17-32(49)40(30)50)21-26(46)11-7-5-4-6-8-14-33(43(58)56(36)22-28)54-45(59)64-27-12-9-10-13-27/h7,11,15-18,20,24-28,33,36H,4-6,8-10,12-14,19,21-23H2,1-3H3,(H,51,53)(H,54,59)(H,55,57)(H,60,61)/t26-,28-,33+,36+,46+/m1/s1. The van der Waals surface area contributed by atoms with Crippen molar-refractivity contribution in [2.45, 2.75) is 126 Å². The molecule has 4 heterocycles. The number of hydrogen-bond donors (Lipinski definition) is 4. The molecule has 6 atom stereocenters. The Hall–Kier alpha value is -4.90. The van der Waals surface area contributed by atoms with Crippen LogP contribution in [-0.4, -0.2) is 86.9 Å². The van der Waals surface area contributed by atoms with Crippen molar-refractivity contribution in [2.75, 3.05) is 19.0 Å². The first kappa shape index (κ1) is 47.6. The first-order valence-electron chi connectivity index (χ1n) is 22.3. The van der Waals surface area contributed by atoms with Gasteiger partial charge >= 0.3 is 6.09 Å². The third-order valence-corrected chi connectivity index (χ3v) is 16.5. The number of anilines is 1. The Balaban J connectivity index is 1.15. The molecule has 66 heavy (non-hydrogen) atoms. The van der Waals surface area contributed by atoms with E-state index in [1.807, 2.05) is 25.3 Å². The number of carbonyl (C=O) groups is 3. The Morgan fingerprint density at radius 3 is 2.55 bits per heavy atom. The van der Waals surface area contributed by atoms with Gasteiger partial charge in [-0.05, 0) is 89.5 Å². The van der Waals surface area contributed by atoms with Crippen molar-refractivity contribution in [1.29, 1.82) is 0 Å². The first-order valence-corrected chi connectivity index (χ1v) is 25.4. The maximum atomic E-state index is 15.0. The van der Waals surface area contributed by atoms with Crippen molar-refractivity contribution in [3.63, 3.8) is 0 Å². The fourth-order valence-corrected chi connectivity index (χ4v) is 12.7. The number of pyridine rings is 1. The van der Waals surface area contributed by atoms with E-state index in [1.165, 1.54) is 23.3 Å². The summed E-state index contributed by atoms with van der Waals surface area (Å²) in [6.45, 7) is 3.83. The average Bonchev–Trinajstić information content (AvgIpc) is 3.69. The summed E-state index contributed by atoms with van der Waals surface area (Å²) in [4.78, 5) is 65.7. The molecule has 2 aliphatic heterocycles. The van der Waals surface area contributed by atoms with E-state index in [-0.39, 0.29) is 43.0 Å². The molecule has 2 aromatic carbocycles. The molecule has 2 saturated carbocycles. The number of nitrogens with one attached hydrogen (secondary N) is 3. The molecule has 14 nitrogen and oxygen atoms in total. The van der Waals surface area contributed by atoms with E-state index in [4.69, 9.17) is 35.8 Å². The zero-order valence-corrected chi connectivity index (χ0v) is 39.3. The van der Waals surface area contributed by atoms with E-state index in [1.54, 1.807) is 24.3 Å². The number of benzene rings is 2. The van der Waals surface area contributed by atoms with Gasteiger partial charge in [-0.3, -0.25) is 14.2 Å². The van der Waals surface area contributed by atoms with Crippen LogP contribution in [-0.2, 0) is 25.1 Å². The van der Waals surface area contributed by atoms with Crippen molar-refractivity contribution in [3.8, 4) is 22.9 Å². The van der Waals surface area contributed by atoms with Gasteiger partial charge in [0.05, 0.1) is 31.0 Å². The van der Waals surface area contributed by atoms with Crippen LogP contribution in [0, 0.1) is 23.4 Å². The van der Waals surface area contributed by atoms with Gasteiger partial charge in [0.25, 0.3) is 0 Å². The molecule has 3 amide bonds. The number of alkyl carbamates (subject to hydrolysis) is 1. The molecule has 0 bridgehead atoms. The minimum absolute atomic E-state index is 0.0552. The Kier molecular flexibility index (Phi) is 14.2. The number of hydrogen-bond acceptors (Lipinski definition) is 11. The van der Waals surface area contributed by atoms with Crippen molar-refractivity contribution >= 4 is 64.2 Å². The van der Waals surface area contributed by atoms with E-state index >= 15 is 0 Å². The Labute approximate surface area is 389 Å². The molecule has 0 radical (unpaired) electrons. The highest BCUT2D eigenvalue weighted by Gasteiger charge is 2.66. The lowest BCUT2D eigenvalue weighted by molar-refractivity contribution is -0.140. The second-order valence-corrected chi connectivity index (χ2v) is 21.5. The van der Waals surface area contributed by atoms with Crippen molar-refractivity contribution in [3.05, 3.63) is 75.9 Å². The van der Waals surface area contributed by atoms with Gasteiger partial charge in [0.15, 0.2) is 16.8 Å². The summed E-state index contributed by atoms with van der Waals surface area (Å²) in [5, 5.41) is 10.2. The van der Waals surface area contributed by atoms with Crippen LogP contribution in [0.4, 0.5) is 23.1 Å². The van der Waals surface area contributed by atoms with Crippen LogP contribution in [0.15, 0.2) is 47.9 Å². The van der Waals surface area contributed by atoms with Gasteiger partial charge in [-0.2, -0.15) is 0 Å². The van der Waals surface area contributed by atoms with Gasteiger partial charge in [0, 0.05) is 40.8 Å². The van der Waals surface area contributed by atoms with Gasteiger partial charge in [-0.15, -0.1) is 11.3 Å². The van der Waals surface area contributed by atoms with Gasteiger partial charge in [-0.25, -0.2) is 27.9 Å². The highest BCUT2D eigenvalue weighted by atomic mass is 35.5. The zero-order chi connectivity index (χ0) is 46.9. The molecule has 3 fully saturated rings. The molecule has 4 N–H and O–H groups in total. The SMILES string of the molecule is COc1ccc2c(O[C@@H]3C[C@H]4C(=O)N[C@]5(P(=O)(O)Cc6c(F)ccc(F)c6F)C[C@H]5C=CCCCCC[C@H](NC(=O)OC5CCCC5)C(=O)N4C3)cc(-c3csc(NC(C)C)n3)nc2c1Cl. The minimum Gasteiger partial charge on any atom is -0.495 e. The van der Waals surface area contributed by atoms with Crippen molar-refractivity contribution in [1.82, 2.24) is 25.5 Å². The Morgan fingerprint density at radius 2 is 1.79 bits per heavy atom. The summed E-state index contributed by atoms with van der Waals surface area (Å²) in [5.41, 5.74) is 0.394. The van der Waals surface area contributed by atoms with Gasteiger partial charge in [-0.1, -0.05) is 36.6 Å². The third kappa shape index (κ3) is 10.0. The molecule has 2 aliphatic carbocycles. The number of allylic oxidation sites excluding steroid dienone is 1. The second kappa shape index (κ2) is 19.7. The maximum absolute atomic E-state index is 15.0. The highest BCUT2D eigenvalue weighted by Crippen LogP contribution is 2.71. The largest absolute Gasteiger partial charge is 0.495 e. The highest BCUT2D eigenvalue weighted by molar-refractivity contribution is 7.59. The molecule has 2 aromatic heterocycles. The number of fused-ring (bicyclic) bond motifs is 3. The fraction of sp³-hybridized carbons (Fsp3) is 0.500. The van der Waals surface area contributed by atoms with E-state index < -0.39 is 83.8 Å². The van der Waals surface area contributed by atoms with Crippen LogP contribution in [0.5, 0.6) is 11.5 Å². The van der Waals surface area contributed by atoms with Gasteiger partial charge < -0.3 is 40.0 Å². The summed E-state index contributed by atoms with van der Waals surface area (Å²) in [7, 11) is -3.32. The second-order valence-electron chi connectivity index (χ2n) is 17.8. The van der Waals surface area contributed by atoms with Crippen molar-refractivity contribution in [2.24, 2.45) is 5.92 Å². The smallest absolute Gasteiger partial charge is 0.408 e. The quantitative estimate of drug-likeness (QED) is 0.0639. The number of carbonyl (C=O) groups excluding carboxylic acids is 3. The van der Waals surface area contributed by atoms with E-state index in [0.717, 1.165) is 12.8 Å². The number of amides is 3. The first-order chi connectivity index (χ1) is 31.6. The number of nitrogens with zero attached hydrogens (tertiary/aromatic N) is 3. The normalized spacial score (nSPS) is 24.8. The molecule has 8 rings (SSSR count). The molecular formula is C46H53ClF3N6O8PS. The number of ether oxygens (including phenoxy) is 3. The molecule has 1 unspecified atom stereocenters. The summed E-state index contributed by atoms with van der Waals surface area (Å²) in [6, 6.07) is 4.07. The third-order valence-electron chi connectivity index (χ3n) is 12.7. The predicted octanol–water partition coefficient (Wildman–Crippen LogP) is 9.47. The lowest BCUT2D eigenvalue weighted by Gasteiger charge is -2.31.